The summed E-state index contributed by atoms with van der Waals surface area (Å²) in [5.74, 6) is -0.181. The maximum absolute atomic E-state index is 12.9. The van der Waals surface area contributed by atoms with Crippen molar-refractivity contribution in [3.8, 4) is 0 Å². The first-order valence-corrected chi connectivity index (χ1v) is 7.58. The number of aliphatic hydroxyl groups is 1. The highest BCUT2D eigenvalue weighted by Gasteiger charge is 2.21. The fraction of sp³-hybridized carbons (Fsp3) is 0.222. The van der Waals surface area contributed by atoms with Crippen LogP contribution < -0.4 is 0 Å². The van der Waals surface area contributed by atoms with E-state index in [4.69, 9.17) is 0 Å². The molecule has 0 saturated carbocycles. The van der Waals surface area contributed by atoms with Gasteiger partial charge in [0.25, 0.3) is 5.91 Å². The molecule has 0 aliphatic carbocycles. The molecule has 1 heterocycles. The lowest BCUT2D eigenvalue weighted by Crippen LogP contribution is -2.33. The smallest absolute Gasteiger partial charge is 0.275 e. The number of aromatic nitrogens is 2. The highest BCUT2D eigenvalue weighted by molar-refractivity contribution is 6.04. The maximum atomic E-state index is 12.9. The van der Waals surface area contributed by atoms with E-state index in [9.17, 15) is 9.90 Å². The number of aryl methyl sites for hydroxylation is 1. The van der Waals surface area contributed by atoms with E-state index in [1.165, 1.54) is 0 Å². The van der Waals surface area contributed by atoms with Crippen molar-refractivity contribution in [2.75, 3.05) is 13.2 Å². The molecule has 3 aromatic rings. The van der Waals surface area contributed by atoms with Crippen LogP contribution in [0.1, 0.15) is 21.6 Å². The first-order chi connectivity index (χ1) is 11.2. The fourth-order valence-corrected chi connectivity index (χ4v) is 2.62. The van der Waals surface area contributed by atoms with Crippen LogP contribution in [0, 0.1) is 6.92 Å². The Balaban J connectivity index is 1.92. The van der Waals surface area contributed by atoms with Crippen LogP contribution in [0.5, 0.6) is 0 Å². The molecular weight excluding hydrogens is 290 g/mol. The number of aromatic amines is 1. The Bertz CT molecular complexity index is 812. The summed E-state index contributed by atoms with van der Waals surface area (Å²) in [7, 11) is 0. The first kappa shape index (κ1) is 15.2. The van der Waals surface area contributed by atoms with Crippen molar-refractivity contribution in [1.29, 1.82) is 0 Å². The normalized spacial score (nSPS) is 10.9. The van der Waals surface area contributed by atoms with Gasteiger partial charge >= 0.3 is 0 Å². The quantitative estimate of drug-likeness (QED) is 0.761. The summed E-state index contributed by atoms with van der Waals surface area (Å²) < 4.78 is 0. The van der Waals surface area contributed by atoms with E-state index in [0.29, 0.717) is 12.2 Å². The Morgan fingerprint density at radius 3 is 2.74 bits per heavy atom. The molecule has 0 aliphatic heterocycles. The number of fused-ring (bicyclic) bond motifs is 1. The van der Waals surface area contributed by atoms with Gasteiger partial charge in [-0.1, -0.05) is 42.0 Å². The first-order valence-electron chi connectivity index (χ1n) is 7.58. The van der Waals surface area contributed by atoms with Gasteiger partial charge in [-0.05, 0) is 24.6 Å². The number of carbonyl (C=O) groups excluding carboxylic acids is 1. The lowest BCUT2D eigenvalue weighted by atomic mass is 10.1. The van der Waals surface area contributed by atoms with Crippen molar-refractivity contribution in [2.45, 2.75) is 13.5 Å². The molecule has 0 bridgehead atoms. The van der Waals surface area contributed by atoms with E-state index in [2.05, 4.69) is 10.2 Å². The summed E-state index contributed by atoms with van der Waals surface area (Å²) in [5, 5.41) is 17.2. The molecule has 1 amide bonds. The average molecular weight is 309 g/mol. The van der Waals surface area contributed by atoms with Crippen molar-refractivity contribution in [3.05, 3.63) is 65.4 Å². The van der Waals surface area contributed by atoms with Crippen LogP contribution in [-0.4, -0.2) is 39.3 Å². The average Bonchev–Trinajstić information content (AvgIpc) is 2.97. The second-order valence-corrected chi connectivity index (χ2v) is 5.56. The number of amides is 1. The summed E-state index contributed by atoms with van der Waals surface area (Å²) >= 11 is 0. The number of H-pyrrole nitrogens is 1. The fourth-order valence-electron chi connectivity index (χ4n) is 2.62. The van der Waals surface area contributed by atoms with Crippen LogP contribution >= 0.6 is 0 Å². The van der Waals surface area contributed by atoms with Gasteiger partial charge in [0.2, 0.25) is 0 Å². The number of rotatable bonds is 5. The minimum atomic E-state index is -0.181. The number of aliphatic hydroxyl groups excluding tert-OH is 1. The van der Waals surface area contributed by atoms with Crippen LogP contribution in [0.2, 0.25) is 0 Å². The molecule has 3 rings (SSSR count). The van der Waals surface area contributed by atoms with Crippen LogP contribution in [0.3, 0.4) is 0 Å². The van der Waals surface area contributed by atoms with Gasteiger partial charge in [0.15, 0.2) is 5.69 Å². The Labute approximate surface area is 134 Å². The van der Waals surface area contributed by atoms with Crippen LogP contribution in [0.25, 0.3) is 10.9 Å². The van der Waals surface area contributed by atoms with Crippen molar-refractivity contribution >= 4 is 16.8 Å². The van der Waals surface area contributed by atoms with Gasteiger partial charge in [0.1, 0.15) is 0 Å². The Morgan fingerprint density at radius 2 is 2.00 bits per heavy atom. The van der Waals surface area contributed by atoms with Crippen LogP contribution in [0.4, 0.5) is 0 Å². The summed E-state index contributed by atoms with van der Waals surface area (Å²) in [6.07, 6.45) is 0. The Morgan fingerprint density at radius 1 is 1.22 bits per heavy atom. The van der Waals surface area contributed by atoms with Crippen LogP contribution in [-0.2, 0) is 6.54 Å². The summed E-state index contributed by atoms with van der Waals surface area (Å²) in [6.45, 7) is 2.62. The van der Waals surface area contributed by atoms with Gasteiger partial charge < -0.3 is 10.0 Å². The lowest BCUT2D eigenvalue weighted by Gasteiger charge is -2.21. The molecule has 0 unspecified atom stereocenters. The van der Waals surface area contributed by atoms with E-state index < -0.39 is 0 Å². The van der Waals surface area contributed by atoms with Gasteiger partial charge in [-0.3, -0.25) is 9.89 Å². The molecule has 23 heavy (non-hydrogen) atoms. The third-order valence-electron chi connectivity index (χ3n) is 3.79. The zero-order valence-corrected chi connectivity index (χ0v) is 13.0. The number of nitrogens with one attached hydrogen (secondary N) is 1. The van der Waals surface area contributed by atoms with Gasteiger partial charge in [-0.15, -0.1) is 0 Å². The minimum Gasteiger partial charge on any atom is -0.395 e. The molecule has 0 fully saturated rings. The van der Waals surface area contributed by atoms with E-state index in [1.807, 2.05) is 55.5 Å². The minimum absolute atomic E-state index is 0.0834. The van der Waals surface area contributed by atoms with E-state index in [1.54, 1.807) is 4.90 Å². The highest BCUT2D eigenvalue weighted by atomic mass is 16.3. The molecule has 0 aliphatic rings. The van der Waals surface area contributed by atoms with E-state index >= 15 is 0 Å². The molecule has 0 saturated heterocycles. The molecular formula is C18H19N3O2. The summed E-state index contributed by atoms with van der Waals surface area (Å²) in [4.78, 5) is 14.5. The monoisotopic (exact) mass is 309 g/mol. The summed E-state index contributed by atoms with van der Waals surface area (Å²) in [6, 6.07) is 15.6. The number of carbonyl (C=O) groups is 1. The van der Waals surface area contributed by atoms with Crippen LogP contribution in [0.15, 0.2) is 48.5 Å². The number of hydrogen-bond acceptors (Lipinski definition) is 3. The molecule has 118 valence electrons. The topological polar surface area (TPSA) is 69.2 Å². The van der Waals surface area contributed by atoms with Gasteiger partial charge in [-0.25, -0.2) is 0 Å². The zero-order chi connectivity index (χ0) is 16.2. The number of nitrogens with zero attached hydrogens (tertiary/aromatic N) is 2. The molecule has 1 aromatic heterocycles. The largest absolute Gasteiger partial charge is 0.395 e. The van der Waals surface area contributed by atoms with Crippen molar-refractivity contribution in [2.24, 2.45) is 0 Å². The molecule has 2 N–H and O–H groups in total. The molecule has 2 aromatic carbocycles. The Kier molecular flexibility index (Phi) is 4.39. The molecule has 0 atom stereocenters. The second kappa shape index (κ2) is 6.62. The predicted octanol–water partition coefficient (Wildman–Crippen LogP) is 2.51. The Hall–Kier alpha value is -2.66. The van der Waals surface area contributed by atoms with E-state index in [-0.39, 0.29) is 19.1 Å². The molecule has 5 heteroatoms. The third-order valence-corrected chi connectivity index (χ3v) is 3.79. The van der Waals surface area contributed by atoms with Gasteiger partial charge in [0.05, 0.1) is 12.1 Å². The number of benzene rings is 2. The number of hydrogen-bond donors (Lipinski definition) is 2. The standard InChI is InChI=1S/C18H19N3O2/c1-13-7-8-16-15(11-13)17(20-19-16)18(23)21(9-10-22)12-14-5-3-2-4-6-14/h2-8,11,22H,9-10,12H2,1H3,(H,19,20). The van der Waals surface area contributed by atoms with Gasteiger partial charge in [0, 0.05) is 18.5 Å². The third kappa shape index (κ3) is 3.24. The van der Waals surface area contributed by atoms with Crippen molar-refractivity contribution in [1.82, 2.24) is 15.1 Å². The summed E-state index contributed by atoms with van der Waals surface area (Å²) in [5.41, 5.74) is 3.32. The van der Waals surface area contributed by atoms with Crippen molar-refractivity contribution in [3.63, 3.8) is 0 Å². The van der Waals surface area contributed by atoms with Crippen molar-refractivity contribution < 1.29 is 9.90 Å². The second-order valence-electron chi connectivity index (χ2n) is 5.56. The highest BCUT2D eigenvalue weighted by Crippen LogP contribution is 2.19. The molecule has 0 radical (unpaired) electrons. The van der Waals surface area contributed by atoms with Gasteiger partial charge in [-0.2, -0.15) is 5.10 Å². The SMILES string of the molecule is Cc1ccc2[nH]nc(C(=O)N(CCO)Cc3ccccc3)c2c1. The van der Waals surface area contributed by atoms with E-state index in [0.717, 1.165) is 22.0 Å². The predicted molar refractivity (Wildman–Crippen MR) is 89.1 cm³/mol. The molecule has 0 spiro atoms. The lowest BCUT2D eigenvalue weighted by molar-refractivity contribution is 0.0704. The molecule has 5 nitrogen and oxygen atoms in total. The maximum Gasteiger partial charge on any atom is 0.275 e. The zero-order valence-electron chi connectivity index (χ0n) is 13.0.